The molecule has 0 heterocycles. The van der Waals surface area contributed by atoms with Crippen LogP contribution in [0.1, 0.15) is 17.5 Å². The molecule has 1 atom stereocenters. The van der Waals surface area contributed by atoms with Crippen LogP contribution in [-0.2, 0) is 22.4 Å². The third-order valence-electron chi connectivity index (χ3n) is 5.45. The number of nitrogens with two attached hydrogens (primary N) is 1. The summed E-state index contributed by atoms with van der Waals surface area (Å²) in [5.74, 6) is -0.702. The van der Waals surface area contributed by atoms with Crippen molar-refractivity contribution in [2.45, 2.75) is 25.3 Å². The van der Waals surface area contributed by atoms with Crippen LogP contribution in [0.15, 0.2) is 84.9 Å². The van der Waals surface area contributed by atoms with Crippen molar-refractivity contribution in [3.05, 3.63) is 96.1 Å². The molecule has 0 unspecified atom stereocenters. The number of carbonyl (C=O) groups is 2. The standard InChI is InChI=1S/C26H24N2O2/c27-26(30)24(28-25(29)15-14-18-8-2-1-3-9-18)17-23-21-12-6-4-10-19(21)16-20-11-5-7-13-22(20)23/h1-13,16,24H,14-15,17H2,(H2,27,30)(H,28,29)/t24-/m0/s1. The lowest BCUT2D eigenvalue weighted by molar-refractivity contribution is -0.127. The molecule has 0 saturated carbocycles. The summed E-state index contributed by atoms with van der Waals surface area (Å²) >= 11 is 0. The van der Waals surface area contributed by atoms with E-state index in [1.807, 2.05) is 66.7 Å². The molecule has 4 aromatic rings. The molecular weight excluding hydrogens is 372 g/mol. The molecule has 0 aromatic heterocycles. The molecule has 150 valence electrons. The van der Waals surface area contributed by atoms with Gasteiger partial charge in [0.15, 0.2) is 0 Å². The summed E-state index contributed by atoms with van der Waals surface area (Å²) in [6, 6.07) is 27.4. The molecule has 0 bridgehead atoms. The lowest BCUT2D eigenvalue weighted by atomic mass is 9.92. The summed E-state index contributed by atoms with van der Waals surface area (Å²) in [5, 5.41) is 7.20. The Labute approximate surface area is 175 Å². The van der Waals surface area contributed by atoms with Crippen molar-refractivity contribution < 1.29 is 9.59 Å². The van der Waals surface area contributed by atoms with Crippen molar-refractivity contribution in [1.82, 2.24) is 5.32 Å². The van der Waals surface area contributed by atoms with Gasteiger partial charge in [0.2, 0.25) is 11.8 Å². The number of carbonyl (C=O) groups excluding carboxylic acids is 2. The van der Waals surface area contributed by atoms with E-state index in [0.717, 1.165) is 32.7 Å². The van der Waals surface area contributed by atoms with Crippen LogP contribution in [0, 0.1) is 0 Å². The second-order valence-electron chi connectivity index (χ2n) is 7.51. The first-order chi connectivity index (χ1) is 14.6. The average molecular weight is 396 g/mol. The molecule has 0 fully saturated rings. The van der Waals surface area contributed by atoms with Gasteiger partial charge in [-0.1, -0.05) is 78.9 Å². The lowest BCUT2D eigenvalue weighted by Gasteiger charge is -2.19. The van der Waals surface area contributed by atoms with Crippen molar-refractivity contribution in [3.8, 4) is 0 Å². The van der Waals surface area contributed by atoms with E-state index in [0.29, 0.717) is 19.3 Å². The van der Waals surface area contributed by atoms with Crippen molar-refractivity contribution in [2.75, 3.05) is 0 Å². The van der Waals surface area contributed by atoms with Crippen LogP contribution < -0.4 is 11.1 Å². The zero-order chi connectivity index (χ0) is 20.9. The van der Waals surface area contributed by atoms with Crippen LogP contribution in [0.25, 0.3) is 21.5 Å². The molecular formula is C26H24N2O2. The van der Waals surface area contributed by atoms with Crippen molar-refractivity contribution in [2.24, 2.45) is 5.73 Å². The van der Waals surface area contributed by atoms with Crippen LogP contribution in [0.2, 0.25) is 0 Å². The van der Waals surface area contributed by atoms with Gasteiger partial charge < -0.3 is 11.1 Å². The Hall–Kier alpha value is -3.66. The SMILES string of the molecule is NC(=O)[C@H](Cc1c2ccccc2cc2ccccc12)NC(=O)CCc1ccccc1. The molecule has 0 spiro atoms. The molecule has 4 nitrogen and oxygen atoms in total. The zero-order valence-electron chi connectivity index (χ0n) is 16.7. The molecule has 0 saturated heterocycles. The van der Waals surface area contributed by atoms with Gasteiger partial charge in [0.1, 0.15) is 6.04 Å². The maximum atomic E-state index is 12.5. The van der Waals surface area contributed by atoms with Crippen LogP contribution in [0.5, 0.6) is 0 Å². The summed E-state index contributed by atoms with van der Waals surface area (Å²) in [6.07, 6.45) is 1.29. The third-order valence-corrected chi connectivity index (χ3v) is 5.45. The predicted octanol–water partition coefficient (Wildman–Crippen LogP) is 4.14. The van der Waals surface area contributed by atoms with Gasteiger partial charge in [-0.15, -0.1) is 0 Å². The number of nitrogens with one attached hydrogen (secondary N) is 1. The monoisotopic (exact) mass is 396 g/mol. The Morgan fingerprint density at radius 1 is 0.800 bits per heavy atom. The Bertz CT molecular complexity index is 1150. The number of amides is 2. The Morgan fingerprint density at radius 3 is 1.97 bits per heavy atom. The Balaban J connectivity index is 1.59. The maximum absolute atomic E-state index is 12.5. The molecule has 30 heavy (non-hydrogen) atoms. The largest absolute Gasteiger partial charge is 0.368 e. The molecule has 0 aliphatic heterocycles. The average Bonchev–Trinajstić information content (AvgIpc) is 2.77. The second kappa shape index (κ2) is 8.78. The molecule has 4 aromatic carbocycles. The summed E-state index contributed by atoms with van der Waals surface area (Å²) in [4.78, 5) is 24.7. The summed E-state index contributed by atoms with van der Waals surface area (Å²) in [7, 11) is 0. The van der Waals surface area contributed by atoms with E-state index in [1.165, 1.54) is 0 Å². The smallest absolute Gasteiger partial charge is 0.240 e. The fourth-order valence-corrected chi connectivity index (χ4v) is 3.92. The van der Waals surface area contributed by atoms with Gasteiger partial charge in [0.25, 0.3) is 0 Å². The van der Waals surface area contributed by atoms with Gasteiger partial charge in [-0.2, -0.15) is 0 Å². The Kier molecular flexibility index (Phi) is 5.75. The fraction of sp³-hybridized carbons (Fsp3) is 0.154. The topological polar surface area (TPSA) is 72.2 Å². The zero-order valence-corrected chi connectivity index (χ0v) is 16.7. The van der Waals surface area contributed by atoms with E-state index in [9.17, 15) is 9.59 Å². The minimum atomic E-state index is -0.762. The number of hydrogen-bond donors (Lipinski definition) is 2. The van der Waals surface area contributed by atoms with E-state index in [4.69, 9.17) is 5.73 Å². The highest BCUT2D eigenvalue weighted by Crippen LogP contribution is 2.29. The van der Waals surface area contributed by atoms with Crippen LogP contribution in [0.3, 0.4) is 0 Å². The van der Waals surface area contributed by atoms with Gasteiger partial charge >= 0.3 is 0 Å². The van der Waals surface area contributed by atoms with E-state index < -0.39 is 11.9 Å². The maximum Gasteiger partial charge on any atom is 0.240 e. The van der Waals surface area contributed by atoms with Gasteiger partial charge in [0.05, 0.1) is 0 Å². The van der Waals surface area contributed by atoms with Crippen LogP contribution in [-0.4, -0.2) is 17.9 Å². The number of benzene rings is 4. The van der Waals surface area contributed by atoms with Gasteiger partial charge in [-0.3, -0.25) is 9.59 Å². The molecule has 3 N–H and O–H groups in total. The number of primary amides is 1. The summed E-state index contributed by atoms with van der Waals surface area (Å²) in [6.45, 7) is 0. The third kappa shape index (κ3) is 4.33. The van der Waals surface area contributed by atoms with Crippen LogP contribution >= 0.6 is 0 Å². The number of rotatable bonds is 7. The summed E-state index contributed by atoms with van der Waals surface area (Å²) < 4.78 is 0. The highest BCUT2D eigenvalue weighted by Gasteiger charge is 2.21. The lowest BCUT2D eigenvalue weighted by Crippen LogP contribution is -2.46. The normalized spacial score (nSPS) is 12.0. The minimum absolute atomic E-state index is 0.174. The van der Waals surface area contributed by atoms with E-state index in [1.54, 1.807) is 0 Å². The summed E-state index contributed by atoms with van der Waals surface area (Å²) in [5.41, 5.74) is 7.78. The predicted molar refractivity (Wildman–Crippen MR) is 121 cm³/mol. The first-order valence-corrected chi connectivity index (χ1v) is 10.1. The molecule has 0 aliphatic carbocycles. The molecule has 4 rings (SSSR count). The van der Waals surface area contributed by atoms with Crippen molar-refractivity contribution in [3.63, 3.8) is 0 Å². The fourth-order valence-electron chi connectivity index (χ4n) is 3.92. The first-order valence-electron chi connectivity index (χ1n) is 10.1. The van der Waals surface area contributed by atoms with Gasteiger partial charge in [-0.05, 0) is 45.2 Å². The number of hydrogen-bond acceptors (Lipinski definition) is 2. The van der Waals surface area contributed by atoms with Crippen molar-refractivity contribution >= 4 is 33.4 Å². The molecule has 2 amide bonds. The molecule has 0 aliphatic rings. The highest BCUT2D eigenvalue weighted by molar-refractivity contribution is 6.03. The number of fused-ring (bicyclic) bond motifs is 2. The van der Waals surface area contributed by atoms with Gasteiger partial charge in [-0.25, -0.2) is 0 Å². The quantitative estimate of drug-likeness (QED) is 0.461. The minimum Gasteiger partial charge on any atom is -0.368 e. The Morgan fingerprint density at radius 2 is 1.37 bits per heavy atom. The highest BCUT2D eigenvalue weighted by atomic mass is 16.2. The number of aryl methyl sites for hydroxylation is 1. The first kappa shape index (κ1) is 19.6. The second-order valence-corrected chi connectivity index (χ2v) is 7.51. The van der Waals surface area contributed by atoms with E-state index >= 15 is 0 Å². The van der Waals surface area contributed by atoms with E-state index in [2.05, 4.69) is 23.5 Å². The molecule has 4 heteroatoms. The van der Waals surface area contributed by atoms with Gasteiger partial charge in [0, 0.05) is 12.8 Å². The van der Waals surface area contributed by atoms with Crippen molar-refractivity contribution in [1.29, 1.82) is 0 Å². The molecule has 0 radical (unpaired) electrons. The van der Waals surface area contributed by atoms with Crippen LogP contribution in [0.4, 0.5) is 0 Å². The van der Waals surface area contributed by atoms with E-state index in [-0.39, 0.29) is 5.91 Å².